The van der Waals surface area contributed by atoms with Crippen molar-refractivity contribution in [2.24, 2.45) is 0 Å². The van der Waals surface area contributed by atoms with E-state index in [4.69, 9.17) is 0 Å². The Labute approximate surface area is 141 Å². The molecule has 1 aromatic carbocycles. The number of benzene rings is 1. The minimum atomic E-state index is -0.110. The van der Waals surface area contributed by atoms with E-state index < -0.39 is 0 Å². The first-order valence-corrected chi connectivity index (χ1v) is 8.16. The van der Waals surface area contributed by atoms with E-state index >= 15 is 0 Å². The maximum Gasteiger partial charge on any atom is 0.225 e. The van der Waals surface area contributed by atoms with Crippen molar-refractivity contribution in [3.8, 4) is 11.4 Å². The Bertz CT molecular complexity index is 663. The largest absolute Gasteiger partial charge is 0.311 e. The van der Waals surface area contributed by atoms with Crippen LogP contribution in [0.5, 0.6) is 0 Å². The fourth-order valence-electron chi connectivity index (χ4n) is 2.16. The van der Waals surface area contributed by atoms with Gasteiger partial charge in [-0.05, 0) is 12.8 Å². The number of carbonyl (C=O) groups excluding carboxylic acids is 2. The summed E-state index contributed by atoms with van der Waals surface area (Å²) in [6, 6.07) is 11.0. The normalized spacial score (nSPS) is 10.2. The molecule has 24 heavy (non-hydrogen) atoms. The maximum absolute atomic E-state index is 11.8. The third-order valence-corrected chi connectivity index (χ3v) is 3.25. The average Bonchev–Trinajstić information content (AvgIpc) is 2.55. The highest BCUT2D eigenvalue weighted by Gasteiger charge is 2.11. The molecule has 2 amide bonds. The summed E-state index contributed by atoms with van der Waals surface area (Å²) in [7, 11) is 0. The molecule has 2 aromatic rings. The van der Waals surface area contributed by atoms with Crippen LogP contribution >= 0.6 is 0 Å². The van der Waals surface area contributed by atoms with Crippen LogP contribution in [-0.4, -0.2) is 21.8 Å². The lowest BCUT2D eigenvalue weighted by Crippen LogP contribution is -2.15. The molecule has 0 aliphatic rings. The van der Waals surface area contributed by atoms with E-state index in [1.54, 1.807) is 6.07 Å². The molecule has 0 saturated carbocycles. The number of rotatable bonds is 7. The number of carbonyl (C=O) groups is 2. The van der Waals surface area contributed by atoms with Gasteiger partial charge in [-0.25, -0.2) is 9.97 Å². The monoisotopic (exact) mass is 326 g/mol. The average molecular weight is 326 g/mol. The van der Waals surface area contributed by atoms with Crippen LogP contribution in [0.2, 0.25) is 0 Å². The van der Waals surface area contributed by atoms with Crippen molar-refractivity contribution in [1.29, 1.82) is 0 Å². The van der Waals surface area contributed by atoms with E-state index in [9.17, 15) is 9.59 Å². The molecule has 2 N–H and O–H groups in total. The van der Waals surface area contributed by atoms with Crippen LogP contribution in [0, 0.1) is 0 Å². The minimum absolute atomic E-state index is 0.110. The van der Waals surface area contributed by atoms with Crippen LogP contribution in [0.4, 0.5) is 11.6 Å². The van der Waals surface area contributed by atoms with E-state index in [1.165, 1.54) is 0 Å². The lowest BCUT2D eigenvalue weighted by Gasteiger charge is -2.10. The second-order valence-electron chi connectivity index (χ2n) is 5.42. The molecule has 1 aromatic heterocycles. The summed E-state index contributed by atoms with van der Waals surface area (Å²) in [6.07, 6.45) is 2.34. The smallest absolute Gasteiger partial charge is 0.225 e. The third kappa shape index (κ3) is 5.15. The first-order valence-electron chi connectivity index (χ1n) is 8.16. The van der Waals surface area contributed by atoms with Gasteiger partial charge in [-0.1, -0.05) is 44.2 Å². The molecule has 0 aliphatic carbocycles. The van der Waals surface area contributed by atoms with Crippen LogP contribution in [0.25, 0.3) is 11.4 Å². The molecule has 0 unspecified atom stereocenters. The highest BCUT2D eigenvalue weighted by atomic mass is 16.2. The van der Waals surface area contributed by atoms with Crippen molar-refractivity contribution in [3.05, 3.63) is 36.4 Å². The van der Waals surface area contributed by atoms with Crippen molar-refractivity contribution in [2.75, 3.05) is 10.6 Å². The van der Waals surface area contributed by atoms with Gasteiger partial charge in [0.25, 0.3) is 0 Å². The number of nitrogens with one attached hydrogen (secondary N) is 2. The number of hydrogen-bond donors (Lipinski definition) is 2. The molecule has 0 bridgehead atoms. The van der Waals surface area contributed by atoms with Crippen molar-refractivity contribution in [2.45, 2.75) is 39.5 Å². The zero-order chi connectivity index (χ0) is 17.4. The van der Waals surface area contributed by atoms with Gasteiger partial charge in [-0.15, -0.1) is 0 Å². The molecule has 0 fully saturated rings. The Hall–Kier alpha value is -2.76. The molecule has 126 valence electrons. The molecular formula is C18H22N4O2. The van der Waals surface area contributed by atoms with Gasteiger partial charge in [0.1, 0.15) is 11.6 Å². The van der Waals surface area contributed by atoms with Crippen molar-refractivity contribution in [1.82, 2.24) is 9.97 Å². The Morgan fingerprint density at radius 2 is 1.38 bits per heavy atom. The van der Waals surface area contributed by atoms with Crippen LogP contribution in [0.15, 0.2) is 36.4 Å². The molecule has 6 heteroatoms. The van der Waals surface area contributed by atoms with Gasteiger partial charge in [-0.3, -0.25) is 9.59 Å². The molecule has 0 atom stereocenters. The zero-order valence-corrected chi connectivity index (χ0v) is 14.0. The SMILES string of the molecule is CCCC(=O)Nc1cc(NC(=O)CCC)nc(-c2ccccc2)n1. The first kappa shape index (κ1) is 17.6. The van der Waals surface area contributed by atoms with Crippen molar-refractivity contribution >= 4 is 23.5 Å². The highest BCUT2D eigenvalue weighted by Crippen LogP contribution is 2.20. The quantitative estimate of drug-likeness (QED) is 0.814. The topological polar surface area (TPSA) is 84.0 Å². The van der Waals surface area contributed by atoms with Gasteiger partial charge in [0.2, 0.25) is 11.8 Å². The fraction of sp³-hybridized carbons (Fsp3) is 0.333. The second kappa shape index (κ2) is 8.76. The second-order valence-corrected chi connectivity index (χ2v) is 5.42. The highest BCUT2D eigenvalue weighted by molar-refractivity contribution is 5.93. The number of amides is 2. The number of aromatic nitrogens is 2. The molecule has 2 rings (SSSR count). The summed E-state index contributed by atoms with van der Waals surface area (Å²) >= 11 is 0. The Morgan fingerprint density at radius 1 is 0.875 bits per heavy atom. The predicted octanol–water partition coefficient (Wildman–Crippen LogP) is 3.62. The summed E-state index contributed by atoms with van der Waals surface area (Å²) in [5, 5.41) is 5.51. The maximum atomic E-state index is 11.8. The number of anilines is 2. The predicted molar refractivity (Wildman–Crippen MR) is 94.5 cm³/mol. The van der Waals surface area contributed by atoms with E-state index in [0.717, 1.165) is 18.4 Å². The van der Waals surface area contributed by atoms with E-state index in [0.29, 0.717) is 30.3 Å². The lowest BCUT2D eigenvalue weighted by molar-refractivity contribution is -0.117. The molecule has 0 radical (unpaired) electrons. The molecule has 1 heterocycles. The molecule has 0 saturated heterocycles. The van der Waals surface area contributed by atoms with E-state index in [1.807, 2.05) is 44.2 Å². The Kier molecular flexibility index (Phi) is 6.42. The van der Waals surface area contributed by atoms with E-state index in [-0.39, 0.29) is 11.8 Å². The molecular weight excluding hydrogens is 304 g/mol. The molecule has 6 nitrogen and oxygen atoms in total. The van der Waals surface area contributed by atoms with Crippen LogP contribution < -0.4 is 10.6 Å². The summed E-state index contributed by atoms with van der Waals surface area (Å²) in [5.74, 6) is 1.00. The van der Waals surface area contributed by atoms with Crippen LogP contribution in [-0.2, 0) is 9.59 Å². The van der Waals surface area contributed by atoms with Gasteiger partial charge < -0.3 is 10.6 Å². The molecule has 0 spiro atoms. The van der Waals surface area contributed by atoms with Crippen molar-refractivity contribution < 1.29 is 9.59 Å². The Balaban J connectivity index is 2.32. The molecule has 0 aliphatic heterocycles. The van der Waals surface area contributed by atoms with Crippen LogP contribution in [0.3, 0.4) is 0 Å². The summed E-state index contributed by atoms with van der Waals surface area (Å²) < 4.78 is 0. The van der Waals surface area contributed by atoms with Crippen LogP contribution in [0.1, 0.15) is 39.5 Å². The third-order valence-electron chi connectivity index (χ3n) is 3.25. The zero-order valence-electron chi connectivity index (χ0n) is 14.0. The van der Waals surface area contributed by atoms with Crippen molar-refractivity contribution in [3.63, 3.8) is 0 Å². The standard InChI is InChI=1S/C18H22N4O2/c1-3-8-16(23)19-14-12-15(20-17(24)9-4-2)22-18(21-14)13-10-6-5-7-11-13/h5-7,10-12H,3-4,8-9H2,1-2H3,(H2,19,20,21,22,23,24). The van der Waals surface area contributed by atoms with Gasteiger partial charge in [0.05, 0.1) is 0 Å². The van der Waals surface area contributed by atoms with Gasteiger partial charge in [0.15, 0.2) is 5.82 Å². The van der Waals surface area contributed by atoms with Gasteiger partial charge >= 0.3 is 0 Å². The van der Waals surface area contributed by atoms with E-state index in [2.05, 4.69) is 20.6 Å². The van der Waals surface area contributed by atoms with Gasteiger partial charge in [0, 0.05) is 24.5 Å². The Morgan fingerprint density at radius 3 is 1.83 bits per heavy atom. The minimum Gasteiger partial charge on any atom is -0.311 e. The fourth-order valence-corrected chi connectivity index (χ4v) is 2.16. The lowest BCUT2D eigenvalue weighted by atomic mass is 10.2. The summed E-state index contributed by atoms with van der Waals surface area (Å²) in [4.78, 5) is 32.4. The summed E-state index contributed by atoms with van der Waals surface area (Å²) in [6.45, 7) is 3.87. The first-order chi connectivity index (χ1) is 11.6. The number of hydrogen-bond acceptors (Lipinski definition) is 4. The number of nitrogens with zero attached hydrogens (tertiary/aromatic N) is 2. The van der Waals surface area contributed by atoms with Gasteiger partial charge in [-0.2, -0.15) is 0 Å². The summed E-state index contributed by atoms with van der Waals surface area (Å²) in [5.41, 5.74) is 0.815.